The number of rotatable bonds is 6. The number of carbonyl (C=O) groups is 1. The van der Waals surface area contributed by atoms with Crippen molar-refractivity contribution in [3.63, 3.8) is 0 Å². The van der Waals surface area contributed by atoms with E-state index in [0.29, 0.717) is 24.6 Å². The zero-order chi connectivity index (χ0) is 23.2. The summed E-state index contributed by atoms with van der Waals surface area (Å²) in [7, 11) is 3.20. The molecule has 2 aromatic rings. The van der Waals surface area contributed by atoms with Gasteiger partial charge in [-0.05, 0) is 50.0 Å². The van der Waals surface area contributed by atoms with E-state index in [4.69, 9.17) is 14.5 Å². The summed E-state index contributed by atoms with van der Waals surface area (Å²) in [5, 5.41) is 0. The molecule has 0 atom stereocenters. The molecule has 0 bridgehead atoms. The molecule has 176 valence electrons. The number of nitrogens with zero attached hydrogens (tertiary/aromatic N) is 5. The molecule has 3 heterocycles. The van der Waals surface area contributed by atoms with E-state index < -0.39 is 0 Å². The van der Waals surface area contributed by atoms with E-state index in [0.717, 1.165) is 49.2 Å². The summed E-state index contributed by atoms with van der Waals surface area (Å²) >= 11 is 0. The molecule has 0 radical (unpaired) electrons. The fraction of sp³-hybridized carbons (Fsp3) is 0.480. The predicted molar refractivity (Wildman–Crippen MR) is 130 cm³/mol. The monoisotopic (exact) mass is 451 g/mol. The van der Waals surface area contributed by atoms with Crippen LogP contribution in [0.15, 0.2) is 30.3 Å². The Morgan fingerprint density at radius 3 is 2.30 bits per heavy atom. The highest BCUT2D eigenvalue weighted by Crippen LogP contribution is 2.28. The summed E-state index contributed by atoms with van der Waals surface area (Å²) < 4.78 is 10.6. The van der Waals surface area contributed by atoms with Crippen molar-refractivity contribution in [3.05, 3.63) is 41.6 Å². The van der Waals surface area contributed by atoms with Gasteiger partial charge in [0.15, 0.2) is 11.5 Å². The van der Waals surface area contributed by atoms with E-state index in [1.54, 1.807) is 20.3 Å². The lowest BCUT2D eigenvalue weighted by Gasteiger charge is -2.35. The molecule has 4 rings (SSSR count). The van der Waals surface area contributed by atoms with Crippen LogP contribution in [0.5, 0.6) is 11.5 Å². The van der Waals surface area contributed by atoms with Crippen LogP contribution in [0.1, 0.15) is 30.5 Å². The molecule has 0 aliphatic carbocycles. The van der Waals surface area contributed by atoms with Crippen molar-refractivity contribution in [2.75, 3.05) is 63.3 Å². The van der Waals surface area contributed by atoms with E-state index in [1.165, 1.54) is 19.3 Å². The average Bonchev–Trinajstić information content (AvgIpc) is 2.87. The van der Waals surface area contributed by atoms with Crippen molar-refractivity contribution in [1.82, 2.24) is 14.9 Å². The molecular weight excluding hydrogens is 418 g/mol. The Balaban J connectivity index is 1.36. The Labute approximate surface area is 195 Å². The van der Waals surface area contributed by atoms with E-state index in [-0.39, 0.29) is 5.91 Å². The minimum absolute atomic E-state index is 0.00333. The molecule has 0 N–H and O–H groups in total. The minimum atomic E-state index is 0.00333. The first-order valence-electron chi connectivity index (χ1n) is 11.6. The van der Waals surface area contributed by atoms with Gasteiger partial charge in [0.05, 0.1) is 14.2 Å². The number of hydrogen-bond donors (Lipinski definition) is 0. The first-order chi connectivity index (χ1) is 16.1. The maximum absolute atomic E-state index is 12.7. The second-order valence-corrected chi connectivity index (χ2v) is 8.48. The van der Waals surface area contributed by atoms with Crippen molar-refractivity contribution in [2.45, 2.75) is 26.2 Å². The number of aromatic nitrogens is 2. The Kier molecular flexibility index (Phi) is 7.32. The molecular formula is C25H33N5O3. The lowest BCUT2D eigenvalue weighted by molar-refractivity contribution is -0.126. The number of amides is 1. The number of aryl methyl sites for hydroxylation is 1. The van der Waals surface area contributed by atoms with Crippen LogP contribution in [-0.4, -0.2) is 74.3 Å². The first kappa shape index (κ1) is 22.9. The third kappa shape index (κ3) is 5.56. The Bertz CT molecular complexity index is 996. The highest BCUT2D eigenvalue weighted by atomic mass is 16.5. The highest BCUT2D eigenvalue weighted by Gasteiger charge is 2.23. The van der Waals surface area contributed by atoms with Crippen molar-refractivity contribution < 1.29 is 14.3 Å². The zero-order valence-electron chi connectivity index (χ0n) is 19.8. The molecule has 0 spiro atoms. The van der Waals surface area contributed by atoms with Crippen LogP contribution in [-0.2, 0) is 4.79 Å². The molecule has 1 amide bonds. The number of hydrogen-bond acceptors (Lipinski definition) is 7. The SMILES string of the molecule is COc1ccc(/C=C/C(=O)N2CCN(c3nc(C)cc(N4CCCCC4)n3)CC2)cc1OC. The molecule has 8 heteroatoms. The zero-order valence-corrected chi connectivity index (χ0v) is 19.8. The second kappa shape index (κ2) is 10.6. The second-order valence-electron chi connectivity index (χ2n) is 8.48. The molecule has 8 nitrogen and oxygen atoms in total. The lowest BCUT2D eigenvalue weighted by atomic mass is 10.1. The van der Waals surface area contributed by atoms with Gasteiger partial charge in [-0.15, -0.1) is 0 Å². The molecule has 0 saturated carbocycles. The summed E-state index contributed by atoms with van der Waals surface area (Å²) in [5.41, 5.74) is 1.87. The summed E-state index contributed by atoms with van der Waals surface area (Å²) in [4.78, 5) is 28.7. The highest BCUT2D eigenvalue weighted by molar-refractivity contribution is 5.92. The van der Waals surface area contributed by atoms with Crippen LogP contribution < -0.4 is 19.3 Å². The summed E-state index contributed by atoms with van der Waals surface area (Å²) in [6.45, 7) is 6.88. The number of piperidine rings is 1. The van der Waals surface area contributed by atoms with Crippen LogP contribution in [0.4, 0.5) is 11.8 Å². The van der Waals surface area contributed by atoms with Crippen LogP contribution in [0, 0.1) is 6.92 Å². The topological polar surface area (TPSA) is 71.0 Å². The fourth-order valence-corrected chi connectivity index (χ4v) is 4.32. The van der Waals surface area contributed by atoms with Gasteiger partial charge in [0.1, 0.15) is 5.82 Å². The van der Waals surface area contributed by atoms with E-state index >= 15 is 0 Å². The molecule has 1 aromatic heterocycles. The number of methoxy groups -OCH3 is 2. The molecule has 1 aromatic carbocycles. The number of ether oxygens (including phenoxy) is 2. The van der Waals surface area contributed by atoms with Gasteiger partial charge in [0, 0.05) is 57.1 Å². The fourth-order valence-electron chi connectivity index (χ4n) is 4.32. The van der Waals surface area contributed by atoms with Gasteiger partial charge in [0.25, 0.3) is 0 Å². The Morgan fingerprint density at radius 1 is 0.879 bits per heavy atom. The maximum Gasteiger partial charge on any atom is 0.246 e. The van der Waals surface area contributed by atoms with Gasteiger partial charge in [-0.3, -0.25) is 4.79 Å². The summed E-state index contributed by atoms with van der Waals surface area (Å²) in [6.07, 6.45) is 7.16. The number of anilines is 2. The molecule has 2 aliphatic rings. The summed E-state index contributed by atoms with van der Waals surface area (Å²) in [6, 6.07) is 7.67. The maximum atomic E-state index is 12.7. The van der Waals surface area contributed by atoms with Gasteiger partial charge in [-0.25, -0.2) is 4.98 Å². The van der Waals surface area contributed by atoms with Crippen LogP contribution in [0.25, 0.3) is 6.08 Å². The van der Waals surface area contributed by atoms with Gasteiger partial charge in [-0.1, -0.05) is 6.07 Å². The molecule has 33 heavy (non-hydrogen) atoms. The van der Waals surface area contributed by atoms with Crippen molar-refractivity contribution in [2.24, 2.45) is 0 Å². The molecule has 2 saturated heterocycles. The minimum Gasteiger partial charge on any atom is -0.493 e. The van der Waals surface area contributed by atoms with Crippen LogP contribution >= 0.6 is 0 Å². The van der Waals surface area contributed by atoms with Crippen molar-refractivity contribution >= 4 is 23.7 Å². The number of piperazine rings is 1. The standard InChI is InChI=1S/C25H33N5O3/c1-19-17-23(28-11-5-4-6-12-28)27-25(26-19)30-15-13-29(14-16-30)24(31)10-8-20-7-9-21(32-2)22(18-20)33-3/h7-10,17-18H,4-6,11-16H2,1-3H3/b10-8+. The first-order valence-corrected chi connectivity index (χ1v) is 11.6. The average molecular weight is 452 g/mol. The molecule has 2 aliphatic heterocycles. The van der Waals surface area contributed by atoms with Gasteiger partial charge in [-0.2, -0.15) is 4.98 Å². The summed E-state index contributed by atoms with van der Waals surface area (Å²) in [5.74, 6) is 3.10. The van der Waals surface area contributed by atoms with E-state index in [1.807, 2.05) is 36.1 Å². The predicted octanol–water partition coefficient (Wildman–Crippen LogP) is 3.15. The van der Waals surface area contributed by atoms with Crippen molar-refractivity contribution in [3.8, 4) is 11.5 Å². The lowest BCUT2D eigenvalue weighted by Crippen LogP contribution is -2.49. The van der Waals surface area contributed by atoms with Crippen LogP contribution in [0.3, 0.4) is 0 Å². The third-order valence-corrected chi connectivity index (χ3v) is 6.21. The Morgan fingerprint density at radius 2 is 1.61 bits per heavy atom. The number of carbonyl (C=O) groups excluding carboxylic acids is 1. The number of benzene rings is 1. The van der Waals surface area contributed by atoms with Crippen molar-refractivity contribution in [1.29, 1.82) is 0 Å². The van der Waals surface area contributed by atoms with E-state index in [9.17, 15) is 4.79 Å². The van der Waals surface area contributed by atoms with Gasteiger partial charge < -0.3 is 24.2 Å². The normalized spacial score (nSPS) is 16.9. The smallest absolute Gasteiger partial charge is 0.246 e. The molecule has 2 fully saturated rings. The Hall–Kier alpha value is -3.29. The van der Waals surface area contributed by atoms with Gasteiger partial charge in [0.2, 0.25) is 11.9 Å². The van der Waals surface area contributed by atoms with E-state index in [2.05, 4.69) is 20.9 Å². The quantitative estimate of drug-likeness (QED) is 0.625. The largest absolute Gasteiger partial charge is 0.493 e. The third-order valence-electron chi connectivity index (χ3n) is 6.21. The van der Waals surface area contributed by atoms with Gasteiger partial charge >= 0.3 is 0 Å². The molecule has 0 unspecified atom stereocenters. The van der Waals surface area contributed by atoms with Crippen LogP contribution in [0.2, 0.25) is 0 Å².